The van der Waals surface area contributed by atoms with Crippen LogP contribution < -0.4 is 15.0 Å². The Bertz CT molecular complexity index is 1330. The Kier molecular flexibility index (Phi) is 6.77. The van der Waals surface area contributed by atoms with Crippen molar-refractivity contribution in [2.75, 3.05) is 49.7 Å². The van der Waals surface area contributed by atoms with Gasteiger partial charge in [-0.1, -0.05) is 18.2 Å². The standard InChI is InChI=1S/C28H32F3N5O2/c1-16(20-4-3-5-21(26(20)29)27(30)31)32-28-22-12-24-25(13-23(22)33-17(2)34-28)38-11-7-18-14-35(8-9-36(18)24)19-6-10-37-15-19/h3-5,12-13,16,18-19,27H,6-11,14-15H2,1-2H3,(H,32,33,34)/t16-,18+,19+/m1/s1. The van der Waals surface area contributed by atoms with Crippen LogP contribution in [0, 0.1) is 12.7 Å². The van der Waals surface area contributed by atoms with Crippen molar-refractivity contribution in [2.24, 2.45) is 0 Å². The SMILES string of the molecule is Cc1nc(N[C@H](C)c2cccc(C(F)F)c2F)c2cc3c(cc2n1)OCC[C@H]1CN([C@H]2CCOC2)CCN31. The number of halogens is 3. The smallest absolute Gasteiger partial charge is 0.266 e. The van der Waals surface area contributed by atoms with Gasteiger partial charge in [0.25, 0.3) is 6.43 Å². The highest BCUT2D eigenvalue weighted by Gasteiger charge is 2.35. The first-order valence-corrected chi connectivity index (χ1v) is 13.3. The topological polar surface area (TPSA) is 62.8 Å². The maximum atomic E-state index is 14.9. The number of piperazine rings is 1. The van der Waals surface area contributed by atoms with E-state index in [0.717, 1.165) is 68.6 Å². The van der Waals surface area contributed by atoms with E-state index in [1.807, 2.05) is 6.07 Å². The molecular formula is C28H32F3N5O2. The summed E-state index contributed by atoms with van der Waals surface area (Å²) >= 11 is 0. The molecule has 4 heterocycles. The largest absolute Gasteiger partial charge is 0.491 e. The van der Waals surface area contributed by atoms with Crippen molar-refractivity contribution in [2.45, 2.75) is 51.2 Å². The molecule has 2 fully saturated rings. The van der Waals surface area contributed by atoms with Gasteiger partial charge in [0.1, 0.15) is 23.2 Å². The Morgan fingerprint density at radius 3 is 2.66 bits per heavy atom. The van der Waals surface area contributed by atoms with Gasteiger partial charge in [0.05, 0.1) is 36.0 Å². The molecule has 3 aromatic rings. The summed E-state index contributed by atoms with van der Waals surface area (Å²) in [6.45, 7) is 8.58. The summed E-state index contributed by atoms with van der Waals surface area (Å²) in [5.41, 5.74) is 1.28. The van der Waals surface area contributed by atoms with Crippen molar-refractivity contribution in [1.82, 2.24) is 14.9 Å². The number of benzene rings is 2. The van der Waals surface area contributed by atoms with Crippen molar-refractivity contribution < 1.29 is 22.6 Å². The fourth-order valence-electron chi connectivity index (χ4n) is 5.96. The van der Waals surface area contributed by atoms with E-state index in [1.54, 1.807) is 13.8 Å². The van der Waals surface area contributed by atoms with E-state index in [-0.39, 0.29) is 5.56 Å². The average molecular weight is 528 g/mol. The number of anilines is 2. The van der Waals surface area contributed by atoms with Gasteiger partial charge < -0.3 is 19.7 Å². The third-order valence-electron chi connectivity index (χ3n) is 7.96. The number of ether oxygens (including phenoxy) is 2. The number of aryl methyl sites for hydroxylation is 1. The molecule has 0 bridgehead atoms. The predicted octanol–water partition coefficient (Wildman–Crippen LogP) is 5.25. The Balaban J connectivity index is 1.34. The summed E-state index contributed by atoms with van der Waals surface area (Å²) < 4.78 is 53.3. The summed E-state index contributed by atoms with van der Waals surface area (Å²) in [4.78, 5) is 14.2. The zero-order valence-corrected chi connectivity index (χ0v) is 21.6. The van der Waals surface area contributed by atoms with Crippen LogP contribution in [0.3, 0.4) is 0 Å². The lowest BCUT2D eigenvalue weighted by atomic mass is 10.0. The van der Waals surface area contributed by atoms with Crippen molar-refractivity contribution >= 4 is 22.4 Å². The lowest BCUT2D eigenvalue weighted by molar-refractivity contribution is 0.123. The zero-order chi connectivity index (χ0) is 26.4. The first-order valence-electron chi connectivity index (χ1n) is 13.3. The molecular weight excluding hydrogens is 495 g/mol. The molecule has 0 unspecified atom stereocenters. The van der Waals surface area contributed by atoms with Crippen LogP contribution in [-0.4, -0.2) is 66.4 Å². The van der Waals surface area contributed by atoms with E-state index < -0.39 is 23.8 Å². The number of nitrogens with one attached hydrogen (secondary N) is 1. The van der Waals surface area contributed by atoms with Crippen molar-refractivity contribution in [3.8, 4) is 5.75 Å². The maximum absolute atomic E-state index is 14.9. The summed E-state index contributed by atoms with van der Waals surface area (Å²) in [6, 6.07) is 8.30. The first-order chi connectivity index (χ1) is 18.4. The van der Waals surface area contributed by atoms with Crippen LogP contribution in [0.2, 0.25) is 0 Å². The highest BCUT2D eigenvalue weighted by Crippen LogP contribution is 2.40. The van der Waals surface area contributed by atoms with Gasteiger partial charge in [0.2, 0.25) is 0 Å². The lowest BCUT2D eigenvalue weighted by Crippen LogP contribution is -2.56. The Morgan fingerprint density at radius 1 is 1.05 bits per heavy atom. The van der Waals surface area contributed by atoms with Crippen LogP contribution in [0.4, 0.5) is 24.7 Å². The molecule has 3 aliphatic heterocycles. The molecule has 0 aliphatic carbocycles. The Morgan fingerprint density at radius 2 is 1.87 bits per heavy atom. The molecule has 38 heavy (non-hydrogen) atoms. The third-order valence-corrected chi connectivity index (χ3v) is 7.96. The lowest BCUT2D eigenvalue weighted by Gasteiger charge is -2.43. The molecule has 3 atom stereocenters. The minimum Gasteiger partial charge on any atom is -0.491 e. The van der Waals surface area contributed by atoms with Gasteiger partial charge in [-0.25, -0.2) is 23.1 Å². The van der Waals surface area contributed by atoms with E-state index in [2.05, 4.69) is 31.2 Å². The molecule has 10 heteroatoms. The highest BCUT2D eigenvalue weighted by molar-refractivity contribution is 5.94. The number of nitrogens with zero attached hydrogens (tertiary/aromatic N) is 4. The summed E-state index contributed by atoms with van der Waals surface area (Å²) in [6.07, 6.45) is -0.883. The number of aromatic nitrogens is 2. The van der Waals surface area contributed by atoms with E-state index in [0.29, 0.717) is 35.8 Å². The van der Waals surface area contributed by atoms with E-state index in [1.165, 1.54) is 12.1 Å². The zero-order valence-electron chi connectivity index (χ0n) is 21.6. The predicted molar refractivity (Wildman–Crippen MR) is 140 cm³/mol. The number of hydrogen-bond donors (Lipinski definition) is 1. The van der Waals surface area contributed by atoms with Crippen molar-refractivity contribution in [3.05, 3.63) is 53.1 Å². The molecule has 0 radical (unpaired) electrons. The molecule has 1 N–H and O–H groups in total. The fourth-order valence-corrected chi connectivity index (χ4v) is 5.96. The van der Waals surface area contributed by atoms with Crippen LogP contribution >= 0.6 is 0 Å². The second-order valence-corrected chi connectivity index (χ2v) is 10.4. The minimum absolute atomic E-state index is 0.164. The fraction of sp³-hybridized carbons (Fsp3) is 0.500. The minimum atomic E-state index is -2.88. The summed E-state index contributed by atoms with van der Waals surface area (Å²) in [5.74, 6) is 0.985. The van der Waals surface area contributed by atoms with Gasteiger partial charge in [-0.2, -0.15) is 0 Å². The van der Waals surface area contributed by atoms with Crippen LogP contribution in [0.1, 0.15) is 49.2 Å². The average Bonchev–Trinajstić information content (AvgIpc) is 3.37. The van der Waals surface area contributed by atoms with Gasteiger partial charge in [0.15, 0.2) is 0 Å². The van der Waals surface area contributed by atoms with E-state index in [4.69, 9.17) is 9.47 Å². The molecule has 0 amide bonds. The van der Waals surface area contributed by atoms with Crippen molar-refractivity contribution in [1.29, 1.82) is 0 Å². The molecule has 7 nitrogen and oxygen atoms in total. The Hall–Kier alpha value is -3.11. The van der Waals surface area contributed by atoms with Crippen LogP contribution in [-0.2, 0) is 4.74 Å². The first kappa shape index (κ1) is 25.2. The third kappa shape index (κ3) is 4.64. The van der Waals surface area contributed by atoms with Crippen LogP contribution in [0.15, 0.2) is 30.3 Å². The molecule has 1 aromatic heterocycles. The van der Waals surface area contributed by atoms with Crippen LogP contribution in [0.25, 0.3) is 10.9 Å². The van der Waals surface area contributed by atoms with Gasteiger partial charge in [0, 0.05) is 61.8 Å². The number of rotatable bonds is 5. The highest BCUT2D eigenvalue weighted by atomic mass is 19.3. The molecule has 2 saturated heterocycles. The van der Waals surface area contributed by atoms with Gasteiger partial charge in [-0.3, -0.25) is 4.90 Å². The van der Waals surface area contributed by atoms with E-state index in [9.17, 15) is 13.2 Å². The number of fused-ring (bicyclic) bond motifs is 4. The molecule has 6 rings (SSSR count). The van der Waals surface area contributed by atoms with Crippen molar-refractivity contribution in [3.63, 3.8) is 0 Å². The monoisotopic (exact) mass is 527 g/mol. The summed E-state index contributed by atoms with van der Waals surface area (Å²) in [5, 5.41) is 4.05. The van der Waals surface area contributed by atoms with Gasteiger partial charge in [-0.05, 0) is 26.3 Å². The maximum Gasteiger partial charge on any atom is 0.266 e. The molecule has 0 spiro atoms. The number of alkyl halides is 2. The second kappa shape index (κ2) is 10.2. The summed E-state index contributed by atoms with van der Waals surface area (Å²) in [7, 11) is 0. The molecule has 202 valence electrons. The van der Waals surface area contributed by atoms with Crippen LogP contribution in [0.5, 0.6) is 5.75 Å². The van der Waals surface area contributed by atoms with Gasteiger partial charge in [-0.15, -0.1) is 0 Å². The molecule has 3 aliphatic rings. The molecule has 2 aromatic carbocycles. The second-order valence-electron chi connectivity index (χ2n) is 10.4. The van der Waals surface area contributed by atoms with Gasteiger partial charge >= 0.3 is 0 Å². The number of hydrogen-bond acceptors (Lipinski definition) is 7. The normalized spacial score (nSPS) is 22.6. The molecule has 0 saturated carbocycles. The van der Waals surface area contributed by atoms with E-state index >= 15 is 0 Å². The Labute approximate surface area is 219 Å². The quantitative estimate of drug-likeness (QED) is 0.486.